The molecular formula is C28H22ClN5O2. The van der Waals surface area contributed by atoms with Crippen LogP contribution in [0.15, 0.2) is 89.7 Å². The van der Waals surface area contributed by atoms with E-state index in [0.717, 1.165) is 22.4 Å². The van der Waals surface area contributed by atoms with Crippen molar-refractivity contribution in [1.29, 1.82) is 0 Å². The van der Waals surface area contributed by atoms with Gasteiger partial charge in [0.25, 0.3) is 0 Å². The highest BCUT2D eigenvalue weighted by Crippen LogP contribution is 2.33. The van der Waals surface area contributed by atoms with Crippen molar-refractivity contribution < 1.29 is 4.79 Å². The monoisotopic (exact) mass is 495 g/mol. The standard InChI is InChI=1S/C28H22ClN5O2/c1-17-12-19(13-25(29)31-17)22-15-23-24(35)14-21(16-30-28(36)33-20-10-6-3-7-11-20)32-27(23)34-26(22)18-8-4-2-5-9-18/h2-15H,16H2,1H3,(H2,30,33,36)(H,32,34,35). The number of hydrogen-bond donors (Lipinski definition) is 3. The lowest BCUT2D eigenvalue weighted by Gasteiger charge is -2.13. The Morgan fingerprint density at radius 1 is 0.917 bits per heavy atom. The number of H-pyrrole nitrogens is 1. The summed E-state index contributed by atoms with van der Waals surface area (Å²) in [7, 11) is 0. The van der Waals surface area contributed by atoms with Crippen LogP contribution < -0.4 is 16.1 Å². The van der Waals surface area contributed by atoms with Crippen molar-refractivity contribution in [2.45, 2.75) is 13.5 Å². The van der Waals surface area contributed by atoms with Crippen molar-refractivity contribution in [2.75, 3.05) is 5.32 Å². The number of aromatic amines is 1. The molecule has 178 valence electrons. The molecule has 2 aromatic carbocycles. The van der Waals surface area contributed by atoms with E-state index in [-0.39, 0.29) is 18.0 Å². The summed E-state index contributed by atoms with van der Waals surface area (Å²) in [6.45, 7) is 2.00. The molecule has 7 nitrogen and oxygen atoms in total. The van der Waals surface area contributed by atoms with Gasteiger partial charge in [-0.1, -0.05) is 60.1 Å². The Morgan fingerprint density at radius 3 is 2.36 bits per heavy atom. The number of amides is 2. The van der Waals surface area contributed by atoms with Crippen LogP contribution in [0, 0.1) is 6.92 Å². The third-order valence-corrected chi connectivity index (χ3v) is 5.82. The average Bonchev–Trinajstić information content (AvgIpc) is 2.87. The number of carbonyl (C=O) groups is 1. The molecule has 0 bridgehead atoms. The highest BCUT2D eigenvalue weighted by molar-refractivity contribution is 6.29. The number of nitrogens with one attached hydrogen (secondary N) is 3. The molecule has 0 unspecified atom stereocenters. The van der Waals surface area contributed by atoms with E-state index in [9.17, 15) is 9.59 Å². The second-order valence-corrected chi connectivity index (χ2v) is 8.69. The number of anilines is 1. The van der Waals surface area contributed by atoms with Gasteiger partial charge in [0.1, 0.15) is 10.8 Å². The summed E-state index contributed by atoms with van der Waals surface area (Å²) < 4.78 is 0. The molecule has 0 fully saturated rings. The largest absolute Gasteiger partial charge is 0.341 e. The van der Waals surface area contributed by atoms with Crippen molar-refractivity contribution in [1.82, 2.24) is 20.3 Å². The van der Waals surface area contributed by atoms with Gasteiger partial charge in [-0.25, -0.2) is 14.8 Å². The lowest BCUT2D eigenvalue weighted by atomic mass is 9.98. The summed E-state index contributed by atoms with van der Waals surface area (Å²) in [5.74, 6) is 0. The molecular weight excluding hydrogens is 474 g/mol. The lowest BCUT2D eigenvalue weighted by Crippen LogP contribution is -2.29. The number of carbonyl (C=O) groups excluding carboxylic acids is 1. The molecule has 3 heterocycles. The van der Waals surface area contributed by atoms with Gasteiger partial charge in [0.15, 0.2) is 5.43 Å². The molecule has 0 aliphatic heterocycles. The van der Waals surface area contributed by atoms with Gasteiger partial charge in [-0.15, -0.1) is 0 Å². The minimum absolute atomic E-state index is 0.132. The average molecular weight is 496 g/mol. The van der Waals surface area contributed by atoms with E-state index in [1.54, 1.807) is 18.2 Å². The third kappa shape index (κ3) is 5.11. The summed E-state index contributed by atoms with van der Waals surface area (Å²) in [6.07, 6.45) is 0. The fraction of sp³-hybridized carbons (Fsp3) is 0.0714. The molecule has 0 spiro atoms. The van der Waals surface area contributed by atoms with E-state index in [4.69, 9.17) is 16.6 Å². The molecule has 0 radical (unpaired) electrons. The van der Waals surface area contributed by atoms with Gasteiger partial charge in [0, 0.05) is 34.3 Å². The van der Waals surface area contributed by atoms with Gasteiger partial charge in [0.2, 0.25) is 0 Å². The van der Waals surface area contributed by atoms with E-state index >= 15 is 0 Å². The molecule has 3 N–H and O–H groups in total. The van der Waals surface area contributed by atoms with Crippen molar-refractivity contribution in [3.63, 3.8) is 0 Å². The first-order chi connectivity index (χ1) is 17.5. The van der Waals surface area contributed by atoms with Crippen LogP contribution in [-0.4, -0.2) is 21.0 Å². The summed E-state index contributed by atoms with van der Waals surface area (Å²) in [5.41, 5.74) is 5.41. The second kappa shape index (κ2) is 10.0. The fourth-order valence-corrected chi connectivity index (χ4v) is 4.26. The molecule has 0 aliphatic carbocycles. The summed E-state index contributed by atoms with van der Waals surface area (Å²) in [5, 5.41) is 6.33. The molecule has 5 aromatic rings. The number of aryl methyl sites for hydroxylation is 1. The van der Waals surface area contributed by atoms with Crippen LogP contribution in [0.5, 0.6) is 0 Å². The Morgan fingerprint density at radius 2 is 1.64 bits per heavy atom. The Bertz CT molecular complexity index is 1600. The van der Waals surface area contributed by atoms with Crippen LogP contribution in [0.4, 0.5) is 10.5 Å². The van der Waals surface area contributed by atoms with Crippen molar-refractivity contribution in [2.24, 2.45) is 0 Å². The minimum Gasteiger partial charge on any atom is -0.341 e. The normalized spacial score (nSPS) is 10.8. The zero-order chi connectivity index (χ0) is 25.1. The van der Waals surface area contributed by atoms with Gasteiger partial charge < -0.3 is 15.6 Å². The maximum Gasteiger partial charge on any atom is 0.319 e. The number of pyridine rings is 3. The lowest BCUT2D eigenvalue weighted by molar-refractivity contribution is 0.251. The van der Waals surface area contributed by atoms with Crippen LogP contribution in [0.3, 0.4) is 0 Å². The second-order valence-electron chi connectivity index (χ2n) is 8.30. The maximum absolute atomic E-state index is 13.1. The van der Waals surface area contributed by atoms with E-state index in [2.05, 4.69) is 20.6 Å². The predicted molar refractivity (Wildman–Crippen MR) is 143 cm³/mol. The number of fused-ring (bicyclic) bond motifs is 1. The quantitative estimate of drug-likeness (QED) is 0.263. The molecule has 36 heavy (non-hydrogen) atoms. The summed E-state index contributed by atoms with van der Waals surface area (Å²) in [4.78, 5) is 37.7. The molecule has 0 atom stereocenters. The van der Waals surface area contributed by atoms with Gasteiger partial charge in [-0.05, 0) is 42.8 Å². The molecule has 8 heteroatoms. The fourth-order valence-electron chi connectivity index (χ4n) is 4.01. The Balaban J connectivity index is 1.53. The number of rotatable bonds is 5. The minimum atomic E-state index is -0.375. The van der Waals surface area contributed by atoms with E-state index in [1.165, 1.54) is 6.07 Å². The van der Waals surface area contributed by atoms with E-state index < -0.39 is 0 Å². The Kier molecular flexibility index (Phi) is 6.47. The van der Waals surface area contributed by atoms with Crippen molar-refractivity contribution in [3.8, 4) is 22.4 Å². The molecule has 0 saturated heterocycles. The number of aromatic nitrogens is 3. The zero-order valence-corrected chi connectivity index (χ0v) is 20.1. The number of halogens is 1. The van der Waals surface area contributed by atoms with E-state index in [0.29, 0.717) is 33.3 Å². The topological polar surface area (TPSA) is 99.8 Å². The Labute approximate surface area is 212 Å². The number of urea groups is 1. The van der Waals surface area contributed by atoms with Crippen molar-refractivity contribution >= 4 is 34.4 Å². The molecule has 0 saturated carbocycles. The summed E-state index contributed by atoms with van der Waals surface area (Å²) >= 11 is 6.24. The SMILES string of the molecule is Cc1cc(-c2cc3c(=O)cc(CNC(=O)Nc4ccccc4)[nH]c3nc2-c2ccccc2)cc(Cl)n1. The van der Waals surface area contributed by atoms with Gasteiger partial charge >= 0.3 is 6.03 Å². The highest BCUT2D eigenvalue weighted by atomic mass is 35.5. The van der Waals surface area contributed by atoms with Crippen LogP contribution in [0.1, 0.15) is 11.4 Å². The molecule has 0 aliphatic rings. The van der Waals surface area contributed by atoms with Crippen LogP contribution >= 0.6 is 11.6 Å². The smallest absolute Gasteiger partial charge is 0.319 e. The third-order valence-electron chi connectivity index (χ3n) is 5.62. The Hall–Kier alpha value is -4.49. The number of nitrogens with zero attached hydrogens (tertiary/aromatic N) is 2. The maximum atomic E-state index is 13.1. The van der Waals surface area contributed by atoms with Gasteiger partial charge in [-0.2, -0.15) is 0 Å². The highest BCUT2D eigenvalue weighted by Gasteiger charge is 2.15. The molecule has 2 amide bonds. The zero-order valence-electron chi connectivity index (χ0n) is 19.4. The first-order valence-electron chi connectivity index (χ1n) is 11.3. The van der Waals surface area contributed by atoms with Crippen LogP contribution in [0.2, 0.25) is 5.15 Å². The predicted octanol–water partition coefficient (Wildman–Crippen LogP) is 5.94. The van der Waals surface area contributed by atoms with Gasteiger partial charge in [0.05, 0.1) is 17.6 Å². The summed E-state index contributed by atoms with van der Waals surface area (Å²) in [6, 6.07) is 25.5. The number of benzene rings is 2. The van der Waals surface area contributed by atoms with Crippen molar-refractivity contribution in [3.05, 3.63) is 112 Å². The molecule has 3 aromatic heterocycles. The first kappa shape index (κ1) is 23.3. The number of hydrogen-bond acceptors (Lipinski definition) is 4. The molecule has 5 rings (SSSR count). The van der Waals surface area contributed by atoms with Gasteiger partial charge in [-0.3, -0.25) is 4.79 Å². The number of para-hydroxylation sites is 1. The van der Waals surface area contributed by atoms with Crippen LogP contribution in [0.25, 0.3) is 33.4 Å². The van der Waals surface area contributed by atoms with E-state index in [1.807, 2.05) is 67.6 Å². The first-order valence-corrected chi connectivity index (χ1v) is 11.7. The van der Waals surface area contributed by atoms with Crippen LogP contribution in [-0.2, 0) is 6.54 Å².